The summed E-state index contributed by atoms with van der Waals surface area (Å²) in [6.45, 7) is 0. The van der Waals surface area contributed by atoms with Crippen LogP contribution in [-0.2, 0) is 6.18 Å². The van der Waals surface area contributed by atoms with Crippen LogP contribution in [0.5, 0.6) is 0 Å². The molecule has 2 rings (SSSR count). The highest BCUT2D eigenvalue weighted by molar-refractivity contribution is 5.62. The summed E-state index contributed by atoms with van der Waals surface area (Å²) in [4.78, 5) is 6.95. The molecule has 1 aromatic carbocycles. The van der Waals surface area contributed by atoms with E-state index in [-0.39, 0.29) is 17.2 Å². The van der Waals surface area contributed by atoms with Crippen LogP contribution in [0.1, 0.15) is 5.69 Å². The number of alkyl halides is 3. The molecule has 0 fully saturated rings. The topological polar surface area (TPSA) is 37.8 Å². The molecule has 2 aromatic rings. The van der Waals surface area contributed by atoms with E-state index in [0.29, 0.717) is 6.07 Å². The van der Waals surface area contributed by atoms with Gasteiger partial charge < -0.3 is 5.32 Å². The Morgan fingerprint density at radius 3 is 2.40 bits per heavy atom. The minimum atomic E-state index is -4.72. The van der Waals surface area contributed by atoms with Gasteiger partial charge in [-0.05, 0) is 18.2 Å². The number of halogens is 5. The maximum absolute atomic E-state index is 13.6. The van der Waals surface area contributed by atoms with Crippen LogP contribution in [0.25, 0.3) is 11.3 Å². The molecule has 106 valence electrons. The Morgan fingerprint density at radius 2 is 1.80 bits per heavy atom. The van der Waals surface area contributed by atoms with Gasteiger partial charge in [0, 0.05) is 12.6 Å². The van der Waals surface area contributed by atoms with Crippen molar-refractivity contribution in [2.24, 2.45) is 0 Å². The normalized spacial score (nSPS) is 11.5. The fourth-order valence-electron chi connectivity index (χ4n) is 1.54. The Bertz CT molecular complexity index is 639. The Labute approximate surface area is 110 Å². The van der Waals surface area contributed by atoms with E-state index in [0.717, 1.165) is 12.1 Å². The van der Waals surface area contributed by atoms with Crippen molar-refractivity contribution in [3.63, 3.8) is 0 Å². The van der Waals surface area contributed by atoms with Crippen molar-refractivity contribution in [3.8, 4) is 11.3 Å². The van der Waals surface area contributed by atoms with E-state index in [1.165, 1.54) is 13.1 Å². The number of anilines is 1. The molecule has 20 heavy (non-hydrogen) atoms. The van der Waals surface area contributed by atoms with Crippen molar-refractivity contribution in [3.05, 3.63) is 41.6 Å². The van der Waals surface area contributed by atoms with E-state index in [1.54, 1.807) is 0 Å². The SMILES string of the molecule is CNc1nc(-c2cccc(F)c2F)cc(C(F)(F)F)n1. The zero-order valence-electron chi connectivity index (χ0n) is 10.1. The first-order chi connectivity index (χ1) is 9.32. The number of hydrogen-bond donors (Lipinski definition) is 1. The monoisotopic (exact) mass is 289 g/mol. The Balaban J connectivity index is 2.65. The highest BCUT2D eigenvalue weighted by Gasteiger charge is 2.34. The molecule has 0 saturated heterocycles. The summed E-state index contributed by atoms with van der Waals surface area (Å²) in [7, 11) is 1.32. The van der Waals surface area contributed by atoms with Crippen LogP contribution in [0.3, 0.4) is 0 Å². The maximum atomic E-state index is 13.6. The molecule has 8 heteroatoms. The second-order valence-corrected chi connectivity index (χ2v) is 3.81. The van der Waals surface area contributed by atoms with Gasteiger partial charge in [-0.25, -0.2) is 18.7 Å². The standard InChI is InChI=1S/C12H8F5N3/c1-18-11-19-8(5-9(20-11)12(15,16)17)6-3-2-4-7(13)10(6)14/h2-5H,1H3,(H,18,19,20). The van der Waals surface area contributed by atoms with Gasteiger partial charge >= 0.3 is 6.18 Å². The lowest BCUT2D eigenvalue weighted by Gasteiger charge is -2.10. The number of benzene rings is 1. The average Bonchev–Trinajstić information content (AvgIpc) is 2.40. The van der Waals surface area contributed by atoms with Crippen LogP contribution in [0, 0.1) is 11.6 Å². The minimum Gasteiger partial charge on any atom is -0.357 e. The molecular weight excluding hydrogens is 281 g/mol. The molecule has 0 spiro atoms. The van der Waals surface area contributed by atoms with E-state index >= 15 is 0 Å². The van der Waals surface area contributed by atoms with E-state index < -0.39 is 23.5 Å². The van der Waals surface area contributed by atoms with Gasteiger partial charge in [0.1, 0.15) is 0 Å². The molecule has 0 amide bonds. The maximum Gasteiger partial charge on any atom is 0.433 e. The van der Waals surface area contributed by atoms with Crippen molar-refractivity contribution >= 4 is 5.95 Å². The Hall–Kier alpha value is -2.25. The summed E-state index contributed by atoms with van der Waals surface area (Å²) in [5.41, 5.74) is -1.96. The van der Waals surface area contributed by atoms with Crippen LogP contribution in [0.4, 0.5) is 27.9 Å². The van der Waals surface area contributed by atoms with Gasteiger partial charge in [0.15, 0.2) is 17.3 Å². The largest absolute Gasteiger partial charge is 0.433 e. The molecule has 0 atom stereocenters. The number of rotatable bonds is 2. The predicted octanol–water partition coefficient (Wildman–Crippen LogP) is 3.48. The van der Waals surface area contributed by atoms with Gasteiger partial charge in [-0.1, -0.05) is 6.07 Å². The van der Waals surface area contributed by atoms with Crippen LogP contribution in [0.2, 0.25) is 0 Å². The van der Waals surface area contributed by atoms with E-state index in [4.69, 9.17) is 0 Å². The molecule has 1 N–H and O–H groups in total. The van der Waals surface area contributed by atoms with Crippen molar-refractivity contribution in [1.29, 1.82) is 0 Å². The molecule has 0 bridgehead atoms. The summed E-state index contributed by atoms with van der Waals surface area (Å²) in [6.07, 6.45) is -4.72. The van der Waals surface area contributed by atoms with Gasteiger partial charge in [-0.3, -0.25) is 0 Å². The molecule has 1 heterocycles. The van der Waals surface area contributed by atoms with E-state index in [1.807, 2.05) is 0 Å². The third-order valence-electron chi connectivity index (χ3n) is 2.47. The van der Waals surface area contributed by atoms with Gasteiger partial charge in [-0.15, -0.1) is 0 Å². The fourth-order valence-corrected chi connectivity index (χ4v) is 1.54. The summed E-state index contributed by atoms with van der Waals surface area (Å²) in [5, 5.41) is 2.35. The zero-order valence-corrected chi connectivity index (χ0v) is 10.1. The highest BCUT2D eigenvalue weighted by atomic mass is 19.4. The quantitative estimate of drug-likeness (QED) is 0.860. The number of nitrogens with zero attached hydrogens (tertiary/aromatic N) is 2. The number of hydrogen-bond acceptors (Lipinski definition) is 3. The first-order valence-electron chi connectivity index (χ1n) is 5.41. The smallest absolute Gasteiger partial charge is 0.357 e. The van der Waals surface area contributed by atoms with E-state index in [9.17, 15) is 22.0 Å². The van der Waals surface area contributed by atoms with Gasteiger partial charge in [0.05, 0.1) is 5.69 Å². The van der Waals surface area contributed by atoms with Crippen LogP contribution in [0.15, 0.2) is 24.3 Å². The van der Waals surface area contributed by atoms with Crippen molar-refractivity contribution in [2.45, 2.75) is 6.18 Å². The first-order valence-corrected chi connectivity index (χ1v) is 5.41. The first kappa shape index (κ1) is 14.2. The predicted molar refractivity (Wildman–Crippen MR) is 61.9 cm³/mol. The minimum absolute atomic E-state index is 0.335. The second kappa shape index (κ2) is 5.03. The molecule has 0 radical (unpaired) electrons. The fraction of sp³-hybridized carbons (Fsp3) is 0.167. The van der Waals surface area contributed by atoms with Crippen LogP contribution in [-0.4, -0.2) is 17.0 Å². The van der Waals surface area contributed by atoms with Crippen LogP contribution < -0.4 is 5.32 Å². The summed E-state index contributed by atoms with van der Waals surface area (Å²) in [6, 6.07) is 3.75. The van der Waals surface area contributed by atoms with Crippen molar-refractivity contribution in [1.82, 2.24) is 9.97 Å². The molecule has 1 aromatic heterocycles. The van der Waals surface area contributed by atoms with Gasteiger partial charge in [-0.2, -0.15) is 13.2 Å². The summed E-state index contributed by atoms with van der Waals surface area (Å²) in [5.74, 6) is -2.76. The number of nitrogens with one attached hydrogen (secondary N) is 1. The van der Waals surface area contributed by atoms with Crippen molar-refractivity contribution < 1.29 is 22.0 Å². The molecule has 3 nitrogen and oxygen atoms in total. The molecule has 0 aliphatic carbocycles. The van der Waals surface area contributed by atoms with Crippen LogP contribution >= 0.6 is 0 Å². The third kappa shape index (κ3) is 2.68. The van der Waals surface area contributed by atoms with Gasteiger partial charge in [0.2, 0.25) is 5.95 Å². The molecule has 0 unspecified atom stereocenters. The van der Waals surface area contributed by atoms with Gasteiger partial charge in [0.25, 0.3) is 0 Å². The van der Waals surface area contributed by atoms with Crippen molar-refractivity contribution in [2.75, 3.05) is 12.4 Å². The Morgan fingerprint density at radius 1 is 1.10 bits per heavy atom. The summed E-state index contributed by atoms with van der Waals surface area (Å²) < 4.78 is 64.8. The number of aromatic nitrogens is 2. The molecular formula is C12H8F5N3. The zero-order chi connectivity index (χ0) is 14.9. The highest BCUT2D eigenvalue weighted by Crippen LogP contribution is 2.32. The average molecular weight is 289 g/mol. The Kier molecular flexibility index (Phi) is 3.56. The van der Waals surface area contributed by atoms with E-state index in [2.05, 4.69) is 15.3 Å². The lowest BCUT2D eigenvalue weighted by Crippen LogP contribution is -2.11. The second-order valence-electron chi connectivity index (χ2n) is 3.81. The molecule has 0 saturated carbocycles. The lowest BCUT2D eigenvalue weighted by molar-refractivity contribution is -0.141. The molecule has 0 aliphatic heterocycles. The lowest BCUT2D eigenvalue weighted by atomic mass is 10.1. The summed E-state index contributed by atoms with van der Waals surface area (Å²) >= 11 is 0. The molecule has 0 aliphatic rings. The third-order valence-corrected chi connectivity index (χ3v) is 2.47.